The molecule has 1 saturated carbocycles. The van der Waals surface area contributed by atoms with E-state index >= 15 is 0 Å². The largest absolute Gasteiger partial charge is 0.455 e. The Morgan fingerprint density at radius 1 is 1.32 bits per heavy atom. The van der Waals surface area contributed by atoms with Gasteiger partial charge in [-0.05, 0) is 13.0 Å². The first kappa shape index (κ1) is 18.9. The van der Waals surface area contributed by atoms with Crippen molar-refractivity contribution in [2.45, 2.75) is 17.7 Å². The molecule has 0 unspecified atom stereocenters. The van der Waals surface area contributed by atoms with Gasteiger partial charge in [0.05, 0.1) is 4.92 Å². The molecule has 1 aromatic rings. The summed E-state index contributed by atoms with van der Waals surface area (Å²) in [4.78, 5) is 45.2. The van der Waals surface area contributed by atoms with Gasteiger partial charge in [-0.15, -0.1) is 23.2 Å². The number of alkyl halides is 2. The minimum absolute atomic E-state index is 0.0222. The third kappa shape index (κ3) is 4.18. The van der Waals surface area contributed by atoms with Gasteiger partial charge >= 0.3 is 5.97 Å². The van der Waals surface area contributed by atoms with Crippen molar-refractivity contribution < 1.29 is 24.0 Å². The minimum Gasteiger partial charge on any atom is -0.455 e. The predicted molar refractivity (Wildman–Crippen MR) is 86.8 cm³/mol. The number of esters is 1. The molecule has 0 heterocycles. The number of halogens is 2. The van der Waals surface area contributed by atoms with E-state index in [1.54, 1.807) is 0 Å². The van der Waals surface area contributed by atoms with Gasteiger partial charge in [0.1, 0.15) is 9.75 Å². The molecule has 1 aliphatic rings. The van der Waals surface area contributed by atoms with Crippen molar-refractivity contribution in [1.82, 2.24) is 10.9 Å². The number of non-ortho nitro benzene ring substituents is 1. The highest BCUT2D eigenvalue weighted by molar-refractivity contribution is 6.53. The maximum Gasteiger partial charge on any atom is 0.315 e. The van der Waals surface area contributed by atoms with Crippen molar-refractivity contribution >= 4 is 46.7 Å². The fourth-order valence-corrected chi connectivity index (χ4v) is 2.60. The fraction of sp³-hybridized carbons (Fsp3) is 0.357. The van der Waals surface area contributed by atoms with Crippen LogP contribution in [-0.2, 0) is 14.3 Å². The zero-order chi connectivity index (χ0) is 18.8. The number of hydrazine groups is 1. The van der Waals surface area contributed by atoms with Crippen LogP contribution in [0.15, 0.2) is 24.3 Å². The first-order valence-electron chi connectivity index (χ1n) is 6.95. The maximum atomic E-state index is 11.8. The average molecular weight is 390 g/mol. The lowest BCUT2D eigenvalue weighted by Gasteiger charge is -2.12. The SMILES string of the molecule is C[C@]1(C(=O)OCC(=O)NNC(=O)c2cccc([N+](=O)[O-])c2)CC1(Cl)Cl. The monoisotopic (exact) mass is 389 g/mol. The molecule has 1 aromatic carbocycles. The van der Waals surface area contributed by atoms with Gasteiger partial charge in [-0.25, -0.2) is 0 Å². The molecule has 0 aliphatic heterocycles. The van der Waals surface area contributed by atoms with E-state index in [0.29, 0.717) is 0 Å². The quantitative estimate of drug-likeness (QED) is 0.339. The number of carbonyl (C=O) groups is 3. The molecular formula is C14H13Cl2N3O6. The van der Waals surface area contributed by atoms with Gasteiger partial charge < -0.3 is 4.74 Å². The van der Waals surface area contributed by atoms with Crippen molar-refractivity contribution in [3.8, 4) is 0 Å². The number of nitro groups is 1. The molecule has 2 amide bonds. The second-order valence-electron chi connectivity index (χ2n) is 5.60. The van der Waals surface area contributed by atoms with E-state index in [0.717, 1.165) is 6.07 Å². The maximum absolute atomic E-state index is 11.8. The number of benzene rings is 1. The summed E-state index contributed by atoms with van der Waals surface area (Å²) in [5, 5.41) is 10.7. The van der Waals surface area contributed by atoms with Crippen LogP contribution in [0.4, 0.5) is 5.69 Å². The second-order valence-corrected chi connectivity index (χ2v) is 7.08. The number of hydrogen-bond donors (Lipinski definition) is 2. The van der Waals surface area contributed by atoms with Gasteiger partial charge in [-0.3, -0.25) is 35.3 Å². The van der Waals surface area contributed by atoms with Gasteiger partial charge in [-0.1, -0.05) is 6.07 Å². The molecule has 2 rings (SSSR count). The lowest BCUT2D eigenvalue weighted by molar-refractivity contribution is -0.384. The summed E-state index contributed by atoms with van der Waals surface area (Å²) in [5.41, 5.74) is 2.72. The lowest BCUT2D eigenvalue weighted by Crippen LogP contribution is -2.44. The summed E-state index contributed by atoms with van der Waals surface area (Å²) in [6.07, 6.45) is 0.215. The first-order chi connectivity index (χ1) is 11.6. The van der Waals surface area contributed by atoms with Gasteiger partial charge in [0.15, 0.2) is 6.61 Å². The molecule has 0 saturated heterocycles. The van der Waals surface area contributed by atoms with Crippen LogP contribution in [0, 0.1) is 15.5 Å². The molecule has 2 N–H and O–H groups in total. The van der Waals surface area contributed by atoms with Crippen LogP contribution < -0.4 is 10.9 Å². The van der Waals surface area contributed by atoms with Gasteiger partial charge in [0.25, 0.3) is 17.5 Å². The predicted octanol–water partition coefficient (Wildman–Crippen LogP) is 1.48. The average Bonchev–Trinajstić information content (AvgIpc) is 3.09. The molecule has 0 radical (unpaired) electrons. The highest BCUT2D eigenvalue weighted by Crippen LogP contribution is 2.64. The number of nitro benzene ring substituents is 1. The number of nitrogens with one attached hydrogen (secondary N) is 2. The van der Waals surface area contributed by atoms with Crippen LogP contribution in [0.3, 0.4) is 0 Å². The molecule has 9 nitrogen and oxygen atoms in total. The van der Waals surface area contributed by atoms with Crippen LogP contribution in [0.5, 0.6) is 0 Å². The standard InChI is InChI=1S/C14H13Cl2N3O6/c1-13(7-14(13,15)16)12(22)25-6-10(20)17-18-11(21)8-3-2-4-9(5-8)19(23)24/h2-5H,6-7H2,1H3,(H,17,20)(H,18,21)/t13-/m1/s1. The Balaban J connectivity index is 1.80. The Kier molecular flexibility index (Phi) is 5.19. The molecule has 1 fully saturated rings. The molecule has 1 atom stereocenters. The zero-order valence-electron chi connectivity index (χ0n) is 12.9. The van der Waals surface area contributed by atoms with E-state index in [4.69, 9.17) is 27.9 Å². The van der Waals surface area contributed by atoms with Gasteiger partial charge in [-0.2, -0.15) is 0 Å². The molecule has 134 valence electrons. The third-order valence-electron chi connectivity index (χ3n) is 3.68. The molecule has 1 aliphatic carbocycles. The van der Waals surface area contributed by atoms with Crippen LogP contribution in [0.25, 0.3) is 0 Å². The van der Waals surface area contributed by atoms with Crippen molar-refractivity contribution in [2.75, 3.05) is 6.61 Å². The van der Waals surface area contributed by atoms with E-state index in [9.17, 15) is 24.5 Å². The molecule has 0 bridgehead atoms. The number of hydrogen-bond acceptors (Lipinski definition) is 6. The molecule has 0 spiro atoms. The Labute approximate surface area is 151 Å². The Hall–Kier alpha value is -2.39. The van der Waals surface area contributed by atoms with Crippen molar-refractivity contribution in [2.24, 2.45) is 5.41 Å². The first-order valence-corrected chi connectivity index (χ1v) is 7.71. The van der Waals surface area contributed by atoms with E-state index in [1.807, 2.05) is 5.43 Å². The summed E-state index contributed by atoms with van der Waals surface area (Å²) < 4.78 is 3.58. The van der Waals surface area contributed by atoms with Gasteiger partial charge in [0.2, 0.25) is 0 Å². The third-order valence-corrected chi connectivity index (χ3v) is 4.78. The van der Waals surface area contributed by atoms with Crippen LogP contribution >= 0.6 is 23.2 Å². The number of amides is 2. The summed E-state index contributed by atoms with van der Waals surface area (Å²) >= 11 is 11.6. The van der Waals surface area contributed by atoms with Crippen LogP contribution in [0.1, 0.15) is 23.7 Å². The van der Waals surface area contributed by atoms with E-state index in [2.05, 4.69) is 5.43 Å². The smallest absolute Gasteiger partial charge is 0.315 e. The van der Waals surface area contributed by atoms with E-state index in [-0.39, 0.29) is 17.7 Å². The van der Waals surface area contributed by atoms with E-state index < -0.39 is 39.1 Å². The molecule has 0 aromatic heterocycles. The zero-order valence-corrected chi connectivity index (χ0v) is 14.4. The normalized spacial score (nSPS) is 20.3. The van der Waals surface area contributed by atoms with Crippen molar-refractivity contribution in [3.05, 3.63) is 39.9 Å². The second kappa shape index (κ2) is 6.85. The Bertz CT molecular complexity index is 754. The summed E-state index contributed by atoms with van der Waals surface area (Å²) in [7, 11) is 0. The fourth-order valence-electron chi connectivity index (χ4n) is 1.91. The van der Waals surface area contributed by atoms with Crippen LogP contribution in [0.2, 0.25) is 0 Å². The number of carbonyl (C=O) groups excluding carboxylic acids is 3. The number of rotatable bonds is 5. The molecule has 25 heavy (non-hydrogen) atoms. The number of ether oxygens (including phenoxy) is 1. The molecular weight excluding hydrogens is 377 g/mol. The highest BCUT2D eigenvalue weighted by Gasteiger charge is 2.69. The Morgan fingerprint density at radius 2 is 1.96 bits per heavy atom. The topological polar surface area (TPSA) is 128 Å². The van der Waals surface area contributed by atoms with Crippen molar-refractivity contribution in [1.29, 1.82) is 0 Å². The number of nitrogens with zero attached hydrogens (tertiary/aromatic N) is 1. The van der Waals surface area contributed by atoms with Crippen molar-refractivity contribution in [3.63, 3.8) is 0 Å². The summed E-state index contributed by atoms with van der Waals surface area (Å²) in [5.74, 6) is -2.29. The van der Waals surface area contributed by atoms with E-state index in [1.165, 1.54) is 25.1 Å². The van der Waals surface area contributed by atoms with Gasteiger partial charge in [0, 0.05) is 24.1 Å². The summed E-state index contributed by atoms with van der Waals surface area (Å²) in [6, 6.07) is 4.94. The molecule has 11 heteroatoms. The summed E-state index contributed by atoms with van der Waals surface area (Å²) in [6.45, 7) is 0.866. The van der Waals surface area contributed by atoms with Crippen LogP contribution in [-0.4, -0.2) is 33.6 Å². The minimum atomic E-state index is -1.21. The lowest BCUT2D eigenvalue weighted by atomic mass is 10.1. The highest BCUT2D eigenvalue weighted by atomic mass is 35.5. The Morgan fingerprint density at radius 3 is 2.52 bits per heavy atom.